The van der Waals surface area contributed by atoms with Gasteiger partial charge in [0.25, 0.3) is 0 Å². The molecule has 1 aliphatic rings. The fourth-order valence-electron chi connectivity index (χ4n) is 1.45. The lowest BCUT2D eigenvalue weighted by Crippen LogP contribution is -2.20. The van der Waals surface area contributed by atoms with Crippen LogP contribution in [0.2, 0.25) is 0 Å². The van der Waals surface area contributed by atoms with E-state index in [0.29, 0.717) is 12.3 Å². The molecule has 0 spiro atoms. The van der Waals surface area contributed by atoms with Gasteiger partial charge in [0.05, 0.1) is 12.1 Å². The summed E-state index contributed by atoms with van der Waals surface area (Å²) in [6.45, 7) is 0.457. The Balaban J connectivity index is 2.35. The molecule has 0 saturated carbocycles. The number of amides is 1. The number of nitrogens with two attached hydrogens (primary N) is 1. The largest absolute Gasteiger partial charge is 0.391 e. The minimum atomic E-state index is -0.399. The molecule has 2 rings (SSSR count). The third-order valence-electron chi connectivity index (χ3n) is 2.06. The number of benzene rings is 1. The molecule has 1 amide bonds. The van der Waals surface area contributed by atoms with Crippen molar-refractivity contribution in [1.29, 1.82) is 0 Å². The third kappa shape index (κ3) is 1.59. The van der Waals surface area contributed by atoms with Gasteiger partial charge in [0.15, 0.2) is 0 Å². The van der Waals surface area contributed by atoms with E-state index in [4.69, 9.17) is 10.6 Å². The van der Waals surface area contributed by atoms with Crippen LogP contribution in [0.1, 0.15) is 17.5 Å². The molecule has 0 saturated heterocycles. The summed E-state index contributed by atoms with van der Waals surface area (Å²) in [6, 6.07) is 7.70. The Labute approximate surface area is 81.3 Å². The molecule has 0 unspecified atom stereocenters. The number of oxime groups is 1. The molecule has 1 aromatic rings. The molecule has 72 valence electrons. The van der Waals surface area contributed by atoms with Crippen LogP contribution in [0.3, 0.4) is 0 Å². The third-order valence-corrected chi connectivity index (χ3v) is 2.06. The summed E-state index contributed by atoms with van der Waals surface area (Å²) < 4.78 is 0. The molecular formula is C10H10N2O2. The van der Waals surface area contributed by atoms with Gasteiger partial charge in [-0.3, -0.25) is 4.79 Å². The van der Waals surface area contributed by atoms with Gasteiger partial charge in [-0.15, -0.1) is 0 Å². The Morgan fingerprint density at radius 3 is 3.07 bits per heavy atom. The van der Waals surface area contributed by atoms with E-state index in [9.17, 15) is 4.79 Å². The lowest BCUT2D eigenvalue weighted by Gasteiger charge is -2.14. The van der Waals surface area contributed by atoms with Gasteiger partial charge >= 0.3 is 0 Å². The van der Waals surface area contributed by atoms with Crippen molar-refractivity contribution < 1.29 is 9.63 Å². The zero-order valence-electron chi connectivity index (χ0n) is 7.56. The van der Waals surface area contributed by atoms with Crippen LogP contribution >= 0.6 is 0 Å². The maximum atomic E-state index is 10.8. The van der Waals surface area contributed by atoms with Crippen LogP contribution in [0.25, 0.3) is 0 Å². The summed E-state index contributed by atoms with van der Waals surface area (Å²) in [7, 11) is 0. The van der Waals surface area contributed by atoms with Gasteiger partial charge in [0.2, 0.25) is 5.91 Å². The Hall–Kier alpha value is -1.84. The number of hydrogen-bond acceptors (Lipinski definition) is 3. The molecule has 1 heterocycles. The van der Waals surface area contributed by atoms with Crippen molar-refractivity contribution in [3.8, 4) is 0 Å². The molecule has 0 aromatic heterocycles. The van der Waals surface area contributed by atoms with E-state index in [-0.39, 0.29) is 6.42 Å². The SMILES string of the molecule is NC(=O)CC1=NOCc2ccccc21. The summed E-state index contributed by atoms with van der Waals surface area (Å²) in [5, 5.41) is 3.83. The number of carbonyl (C=O) groups is 1. The number of nitrogens with zero attached hydrogens (tertiary/aromatic N) is 1. The van der Waals surface area contributed by atoms with Crippen molar-refractivity contribution >= 4 is 11.6 Å². The fourth-order valence-corrected chi connectivity index (χ4v) is 1.45. The van der Waals surface area contributed by atoms with Gasteiger partial charge < -0.3 is 10.6 Å². The highest BCUT2D eigenvalue weighted by molar-refractivity contribution is 6.10. The molecule has 1 aliphatic heterocycles. The molecule has 14 heavy (non-hydrogen) atoms. The summed E-state index contributed by atoms with van der Waals surface area (Å²) >= 11 is 0. The molecule has 4 heteroatoms. The fraction of sp³-hybridized carbons (Fsp3) is 0.200. The van der Waals surface area contributed by atoms with Crippen molar-refractivity contribution in [1.82, 2.24) is 0 Å². The summed E-state index contributed by atoms with van der Waals surface area (Å²) in [4.78, 5) is 15.8. The molecule has 0 fully saturated rings. The van der Waals surface area contributed by atoms with Crippen LogP contribution in [-0.4, -0.2) is 11.6 Å². The molecule has 0 atom stereocenters. The Kier molecular flexibility index (Phi) is 2.18. The van der Waals surface area contributed by atoms with Gasteiger partial charge in [-0.25, -0.2) is 0 Å². The second kappa shape index (κ2) is 3.49. The highest BCUT2D eigenvalue weighted by Crippen LogP contribution is 2.17. The summed E-state index contributed by atoms with van der Waals surface area (Å²) in [6.07, 6.45) is 0.122. The zero-order chi connectivity index (χ0) is 9.97. The van der Waals surface area contributed by atoms with Crippen LogP contribution in [0.4, 0.5) is 0 Å². The first-order chi connectivity index (χ1) is 6.77. The second-order valence-corrected chi connectivity index (χ2v) is 3.11. The van der Waals surface area contributed by atoms with Crippen molar-refractivity contribution in [3.05, 3.63) is 35.4 Å². The normalized spacial score (nSPS) is 13.9. The second-order valence-electron chi connectivity index (χ2n) is 3.11. The van der Waals surface area contributed by atoms with Crippen molar-refractivity contribution in [2.24, 2.45) is 10.9 Å². The van der Waals surface area contributed by atoms with E-state index in [2.05, 4.69) is 5.16 Å². The standard InChI is InChI=1S/C10H10N2O2/c11-10(13)5-9-8-4-2-1-3-7(8)6-14-12-9/h1-4H,5-6H2,(H2,11,13). The molecule has 1 aromatic carbocycles. The van der Waals surface area contributed by atoms with E-state index in [0.717, 1.165) is 11.1 Å². The monoisotopic (exact) mass is 190 g/mol. The van der Waals surface area contributed by atoms with Crippen molar-refractivity contribution in [3.63, 3.8) is 0 Å². The van der Waals surface area contributed by atoms with Crippen LogP contribution in [0.5, 0.6) is 0 Å². The van der Waals surface area contributed by atoms with Crippen molar-refractivity contribution in [2.75, 3.05) is 0 Å². The lowest BCUT2D eigenvalue weighted by molar-refractivity contribution is -0.116. The highest BCUT2D eigenvalue weighted by atomic mass is 16.6. The Morgan fingerprint density at radius 2 is 2.29 bits per heavy atom. The molecule has 4 nitrogen and oxygen atoms in total. The predicted octanol–water partition coefficient (Wildman–Crippen LogP) is 0.796. The molecule has 0 aliphatic carbocycles. The molecule has 0 radical (unpaired) electrons. The van der Waals surface area contributed by atoms with E-state index in [1.54, 1.807) is 0 Å². The van der Waals surface area contributed by atoms with E-state index >= 15 is 0 Å². The number of primary amides is 1. The van der Waals surface area contributed by atoms with Gasteiger partial charge in [-0.2, -0.15) is 0 Å². The molecular weight excluding hydrogens is 180 g/mol. The topological polar surface area (TPSA) is 64.7 Å². The maximum absolute atomic E-state index is 10.8. The number of carbonyl (C=O) groups excluding carboxylic acids is 1. The minimum absolute atomic E-state index is 0.122. The smallest absolute Gasteiger partial charge is 0.223 e. The Morgan fingerprint density at radius 1 is 1.50 bits per heavy atom. The van der Waals surface area contributed by atoms with Crippen LogP contribution in [-0.2, 0) is 16.2 Å². The quantitative estimate of drug-likeness (QED) is 0.749. The first-order valence-corrected chi connectivity index (χ1v) is 4.33. The maximum Gasteiger partial charge on any atom is 0.223 e. The Bertz CT molecular complexity index is 399. The number of fused-ring (bicyclic) bond motifs is 1. The zero-order valence-corrected chi connectivity index (χ0v) is 7.56. The lowest BCUT2D eigenvalue weighted by atomic mass is 10.0. The van der Waals surface area contributed by atoms with Crippen LogP contribution in [0.15, 0.2) is 29.4 Å². The van der Waals surface area contributed by atoms with Gasteiger partial charge in [0, 0.05) is 11.1 Å². The highest BCUT2D eigenvalue weighted by Gasteiger charge is 2.16. The first kappa shape index (κ1) is 8.74. The van der Waals surface area contributed by atoms with Crippen molar-refractivity contribution in [2.45, 2.75) is 13.0 Å². The first-order valence-electron chi connectivity index (χ1n) is 4.33. The summed E-state index contributed by atoms with van der Waals surface area (Å²) in [5.74, 6) is -0.399. The number of rotatable bonds is 2. The van der Waals surface area contributed by atoms with Gasteiger partial charge in [-0.1, -0.05) is 29.4 Å². The van der Waals surface area contributed by atoms with Crippen LogP contribution in [0, 0.1) is 0 Å². The van der Waals surface area contributed by atoms with E-state index in [1.807, 2.05) is 24.3 Å². The average molecular weight is 190 g/mol. The number of hydrogen-bond donors (Lipinski definition) is 1. The predicted molar refractivity (Wildman–Crippen MR) is 51.6 cm³/mol. The van der Waals surface area contributed by atoms with Gasteiger partial charge in [0.1, 0.15) is 6.61 Å². The van der Waals surface area contributed by atoms with E-state index < -0.39 is 5.91 Å². The van der Waals surface area contributed by atoms with Crippen LogP contribution < -0.4 is 5.73 Å². The average Bonchev–Trinajstić information content (AvgIpc) is 2.18. The van der Waals surface area contributed by atoms with E-state index in [1.165, 1.54) is 0 Å². The molecule has 0 bridgehead atoms. The van der Waals surface area contributed by atoms with Gasteiger partial charge in [-0.05, 0) is 0 Å². The summed E-state index contributed by atoms with van der Waals surface area (Å²) in [5.41, 5.74) is 7.71. The minimum Gasteiger partial charge on any atom is -0.391 e. The molecule has 2 N–H and O–H groups in total.